The summed E-state index contributed by atoms with van der Waals surface area (Å²) in [5.41, 5.74) is 0. The minimum atomic E-state index is 0.567. The summed E-state index contributed by atoms with van der Waals surface area (Å²) in [6, 6.07) is 0.567. The largest absolute Gasteiger partial charge is 0.379 e. The van der Waals surface area contributed by atoms with E-state index >= 15 is 0 Å². The molecule has 0 saturated carbocycles. The van der Waals surface area contributed by atoms with Crippen molar-refractivity contribution in [1.29, 1.82) is 0 Å². The van der Waals surface area contributed by atoms with Crippen LogP contribution in [0, 0.1) is 5.92 Å². The van der Waals surface area contributed by atoms with Crippen LogP contribution in [-0.4, -0.2) is 75.9 Å². The van der Waals surface area contributed by atoms with Crippen LogP contribution >= 0.6 is 0 Å². The van der Waals surface area contributed by atoms with Crippen LogP contribution in [0.4, 0.5) is 0 Å². The zero-order chi connectivity index (χ0) is 13.5. The molecule has 0 bridgehead atoms. The minimum Gasteiger partial charge on any atom is -0.379 e. The molecule has 0 aromatic rings. The van der Waals surface area contributed by atoms with E-state index in [0.29, 0.717) is 6.04 Å². The normalized spacial score (nSPS) is 29.8. The highest BCUT2D eigenvalue weighted by atomic mass is 16.5. The lowest BCUT2D eigenvalue weighted by Crippen LogP contribution is -2.43. The zero-order valence-electron chi connectivity index (χ0n) is 12.7. The van der Waals surface area contributed by atoms with E-state index in [1.165, 1.54) is 51.9 Å². The summed E-state index contributed by atoms with van der Waals surface area (Å²) in [5.74, 6) is 0.914. The first-order valence-corrected chi connectivity index (χ1v) is 7.92. The van der Waals surface area contributed by atoms with Crippen molar-refractivity contribution in [2.75, 3.05) is 60.0 Å². The molecule has 2 heterocycles. The summed E-state index contributed by atoms with van der Waals surface area (Å²) in [7, 11) is 4.51. The number of hydrogen-bond acceptors (Lipinski definition) is 4. The molecule has 2 unspecified atom stereocenters. The molecule has 4 heteroatoms. The lowest BCUT2D eigenvalue weighted by Gasteiger charge is -2.31. The Balaban J connectivity index is 1.54. The maximum Gasteiger partial charge on any atom is 0.0620 e. The smallest absolute Gasteiger partial charge is 0.0620 e. The lowest BCUT2D eigenvalue weighted by molar-refractivity contribution is 0.0706. The second-order valence-electron chi connectivity index (χ2n) is 6.38. The van der Waals surface area contributed by atoms with Crippen LogP contribution in [0.15, 0.2) is 0 Å². The summed E-state index contributed by atoms with van der Waals surface area (Å²) in [6.07, 6.45) is 5.38. The number of nitrogens with one attached hydrogen (secondary N) is 1. The SMILES string of the molecule is CN(CCC1CCCN(C)C1)CCC1COCCN1. The van der Waals surface area contributed by atoms with Crippen molar-refractivity contribution >= 4 is 0 Å². The second-order valence-corrected chi connectivity index (χ2v) is 6.38. The Hall–Kier alpha value is -0.160. The molecule has 1 N–H and O–H groups in total. The highest BCUT2D eigenvalue weighted by molar-refractivity contribution is 4.74. The lowest BCUT2D eigenvalue weighted by atomic mass is 9.95. The van der Waals surface area contributed by atoms with E-state index < -0.39 is 0 Å². The van der Waals surface area contributed by atoms with Gasteiger partial charge in [-0.05, 0) is 65.3 Å². The van der Waals surface area contributed by atoms with E-state index in [1.807, 2.05) is 0 Å². The fourth-order valence-electron chi connectivity index (χ4n) is 3.20. The molecule has 19 heavy (non-hydrogen) atoms. The second kappa shape index (κ2) is 8.20. The van der Waals surface area contributed by atoms with E-state index in [4.69, 9.17) is 4.74 Å². The summed E-state index contributed by atoms with van der Waals surface area (Å²) < 4.78 is 5.49. The minimum absolute atomic E-state index is 0.567. The summed E-state index contributed by atoms with van der Waals surface area (Å²) in [4.78, 5) is 4.97. The van der Waals surface area contributed by atoms with Gasteiger partial charge in [0.1, 0.15) is 0 Å². The van der Waals surface area contributed by atoms with Gasteiger partial charge in [0.2, 0.25) is 0 Å². The molecule has 0 spiro atoms. The van der Waals surface area contributed by atoms with E-state index in [2.05, 4.69) is 29.2 Å². The Morgan fingerprint density at radius 1 is 1.32 bits per heavy atom. The zero-order valence-corrected chi connectivity index (χ0v) is 12.7. The molecule has 2 rings (SSSR count). The van der Waals surface area contributed by atoms with E-state index in [-0.39, 0.29) is 0 Å². The molecular weight excluding hydrogens is 238 g/mol. The van der Waals surface area contributed by atoms with Crippen LogP contribution in [-0.2, 0) is 4.74 Å². The van der Waals surface area contributed by atoms with Gasteiger partial charge in [0.25, 0.3) is 0 Å². The average Bonchev–Trinajstić information content (AvgIpc) is 2.44. The van der Waals surface area contributed by atoms with Crippen LogP contribution in [0.25, 0.3) is 0 Å². The van der Waals surface area contributed by atoms with E-state index in [1.54, 1.807) is 0 Å². The third kappa shape index (κ3) is 5.78. The Labute approximate surface area is 118 Å². The standard InChI is InChI=1S/C15H31N3O/c1-17(10-6-15-13-19-11-7-16-15)9-5-14-4-3-8-18(2)12-14/h14-16H,3-13H2,1-2H3. The van der Waals surface area contributed by atoms with Gasteiger partial charge in [0.05, 0.1) is 13.2 Å². The van der Waals surface area contributed by atoms with Crippen molar-refractivity contribution in [2.45, 2.75) is 31.7 Å². The van der Waals surface area contributed by atoms with Gasteiger partial charge in [0, 0.05) is 19.1 Å². The van der Waals surface area contributed by atoms with Gasteiger partial charge in [-0.3, -0.25) is 0 Å². The first-order valence-electron chi connectivity index (χ1n) is 7.92. The van der Waals surface area contributed by atoms with Gasteiger partial charge in [-0.25, -0.2) is 0 Å². The molecule has 0 amide bonds. The highest BCUT2D eigenvalue weighted by Crippen LogP contribution is 2.18. The highest BCUT2D eigenvalue weighted by Gasteiger charge is 2.18. The van der Waals surface area contributed by atoms with Crippen molar-refractivity contribution in [2.24, 2.45) is 5.92 Å². The van der Waals surface area contributed by atoms with Crippen molar-refractivity contribution < 1.29 is 4.74 Å². The Morgan fingerprint density at radius 3 is 2.89 bits per heavy atom. The van der Waals surface area contributed by atoms with E-state index in [0.717, 1.165) is 25.7 Å². The Morgan fingerprint density at radius 2 is 2.16 bits per heavy atom. The molecule has 2 atom stereocenters. The number of ether oxygens (including phenoxy) is 1. The van der Waals surface area contributed by atoms with Crippen molar-refractivity contribution in [3.8, 4) is 0 Å². The maximum absolute atomic E-state index is 5.49. The summed E-state index contributed by atoms with van der Waals surface area (Å²) >= 11 is 0. The molecule has 0 radical (unpaired) electrons. The van der Waals surface area contributed by atoms with Crippen molar-refractivity contribution in [1.82, 2.24) is 15.1 Å². The predicted octanol–water partition coefficient (Wildman–Crippen LogP) is 1.03. The first-order chi connectivity index (χ1) is 9.24. The average molecular weight is 269 g/mol. The van der Waals surface area contributed by atoms with Gasteiger partial charge in [0.15, 0.2) is 0 Å². The third-order valence-corrected chi connectivity index (χ3v) is 4.50. The molecule has 0 aromatic carbocycles. The number of likely N-dealkylation sites (tertiary alicyclic amines) is 1. The molecule has 0 aromatic heterocycles. The molecule has 4 nitrogen and oxygen atoms in total. The molecular formula is C15H31N3O. The number of piperidine rings is 1. The summed E-state index contributed by atoms with van der Waals surface area (Å²) in [6.45, 7) is 7.80. The van der Waals surface area contributed by atoms with Crippen molar-refractivity contribution in [3.05, 3.63) is 0 Å². The topological polar surface area (TPSA) is 27.7 Å². The molecule has 0 aliphatic carbocycles. The van der Waals surface area contributed by atoms with Gasteiger partial charge in [-0.1, -0.05) is 0 Å². The van der Waals surface area contributed by atoms with Crippen LogP contribution in [0.1, 0.15) is 25.7 Å². The first kappa shape index (κ1) is 15.2. The Kier molecular flexibility index (Phi) is 6.57. The van der Waals surface area contributed by atoms with Crippen LogP contribution in [0.3, 0.4) is 0 Å². The maximum atomic E-state index is 5.49. The van der Waals surface area contributed by atoms with Crippen molar-refractivity contribution in [3.63, 3.8) is 0 Å². The van der Waals surface area contributed by atoms with Crippen LogP contribution in [0.2, 0.25) is 0 Å². The Bertz CT molecular complexity index is 244. The van der Waals surface area contributed by atoms with Gasteiger partial charge in [-0.15, -0.1) is 0 Å². The van der Waals surface area contributed by atoms with Gasteiger partial charge >= 0.3 is 0 Å². The number of hydrogen-bond donors (Lipinski definition) is 1. The molecule has 112 valence electrons. The number of nitrogens with zero attached hydrogens (tertiary/aromatic N) is 2. The molecule has 2 saturated heterocycles. The molecule has 2 aliphatic rings. The fourth-order valence-corrected chi connectivity index (χ4v) is 3.20. The predicted molar refractivity (Wildman–Crippen MR) is 79.6 cm³/mol. The number of morpholine rings is 1. The number of rotatable bonds is 6. The monoisotopic (exact) mass is 269 g/mol. The molecule has 2 fully saturated rings. The quantitative estimate of drug-likeness (QED) is 0.779. The third-order valence-electron chi connectivity index (χ3n) is 4.50. The van der Waals surface area contributed by atoms with Crippen LogP contribution in [0.5, 0.6) is 0 Å². The summed E-state index contributed by atoms with van der Waals surface area (Å²) in [5, 5.41) is 3.53. The van der Waals surface area contributed by atoms with Gasteiger partial charge < -0.3 is 19.9 Å². The fraction of sp³-hybridized carbons (Fsp3) is 1.00. The van der Waals surface area contributed by atoms with E-state index in [9.17, 15) is 0 Å². The van der Waals surface area contributed by atoms with Crippen LogP contribution < -0.4 is 5.32 Å². The van der Waals surface area contributed by atoms with Gasteiger partial charge in [-0.2, -0.15) is 0 Å². The molecule has 2 aliphatic heterocycles.